The molecule has 0 saturated carbocycles. The fourth-order valence-corrected chi connectivity index (χ4v) is 5.89. The third-order valence-electron chi connectivity index (χ3n) is 8.86. The molecule has 5 N–H and O–H groups in total. The molecule has 2 aliphatic rings. The molecule has 11 heteroatoms. The van der Waals surface area contributed by atoms with Gasteiger partial charge in [0.05, 0.1) is 12.0 Å². The fourth-order valence-electron chi connectivity index (χ4n) is 5.89. The predicted octanol–water partition coefficient (Wildman–Crippen LogP) is 0.718. The summed E-state index contributed by atoms with van der Waals surface area (Å²) in [6, 6.07) is 7.73. The van der Waals surface area contributed by atoms with E-state index in [1.165, 1.54) is 0 Å². The number of hydrogen-bond donors (Lipinski definition) is 5. The highest BCUT2D eigenvalue weighted by Crippen LogP contribution is 2.23. The van der Waals surface area contributed by atoms with Crippen LogP contribution in [0.4, 0.5) is 0 Å². The summed E-state index contributed by atoms with van der Waals surface area (Å²) in [5, 5.41) is 15.2. The van der Waals surface area contributed by atoms with Gasteiger partial charge in [-0.3, -0.25) is 19.2 Å². The lowest BCUT2D eigenvalue weighted by Gasteiger charge is -2.31. The monoisotopic (exact) mass is 609 g/mol. The van der Waals surface area contributed by atoms with E-state index >= 15 is 0 Å². The normalized spacial score (nSPS) is 20.7. The maximum absolute atomic E-state index is 13.8. The standard InChI is InChI=1S/C33H51N7O4/c1-23(35-4)28(32(43)39-19-12-16-27(39)22-37-31(42)25-13-7-6-8-14-25)17-9-10-18-29(38-30(41)24(2)36-5)33(44)40-20-11-15-26(40)21-34-3/h6-8,13-14,23-24,26-29,34-36H,11-12,15-22H2,1-5H3,(H,37,42)(H,38,41)/t23-,24-,26?,27?,28?,29?/m0/s1. The number of amides is 4. The Bertz CT molecular complexity index is 1170. The number of hydrogen-bond acceptors (Lipinski definition) is 7. The first kappa shape index (κ1) is 35.0. The molecule has 4 amide bonds. The molecule has 0 radical (unpaired) electrons. The van der Waals surface area contributed by atoms with Crippen molar-refractivity contribution in [3.63, 3.8) is 0 Å². The SMILES string of the molecule is CNCC1CCCN1C(=O)C(CC#CCC(C(=O)N1CCCC1CNC(=O)c1ccccc1)[C@H](C)NC)NC(=O)[C@H](C)NC. The Balaban J connectivity index is 1.67. The van der Waals surface area contributed by atoms with Gasteiger partial charge in [-0.15, -0.1) is 11.8 Å². The van der Waals surface area contributed by atoms with E-state index in [2.05, 4.69) is 38.4 Å². The van der Waals surface area contributed by atoms with Crippen molar-refractivity contribution in [3.8, 4) is 11.8 Å². The van der Waals surface area contributed by atoms with E-state index in [-0.39, 0.29) is 48.2 Å². The van der Waals surface area contributed by atoms with Crippen LogP contribution in [0.2, 0.25) is 0 Å². The second kappa shape index (κ2) is 17.7. The van der Waals surface area contributed by atoms with E-state index < -0.39 is 18.0 Å². The quantitative estimate of drug-likeness (QED) is 0.196. The molecule has 2 saturated heterocycles. The third kappa shape index (κ3) is 9.52. The summed E-state index contributed by atoms with van der Waals surface area (Å²) in [6.45, 7) is 6.10. The Labute approximate surface area is 262 Å². The molecule has 2 heterocycles. The van der Waals surface area contributed by atoms with E-state index in [1.807, 2.05) is 49.0 Å². The van der Waals surface area contributed by atoms with Crippen LogP contribution in [-0.2, 0) is 14.4 Å². The number of nitrogens with one attached hydrogen (secondary N) is 5. The first-order valence-electron chi connectivity index (χ1n) is 15.9. The van der Waals surface area contributed by atoms with Crippen molar-refractivity contribution in [2.75, 3.05) is 47.3 Å². The molecule has 6 atom stereocenters. The van der Waals surface area contributed by atoms with Crippen LogP contribution >= 0.6 is 0 Å². The highest BCUT2D eigenvalue weighted by molar-refractivity contribution is 5.94. The number of nitrogens with zero attached hydrogens (tertiary/aromatic N) is 2. The molecule has 2 aliphatic heterocycles. The van der Waals surface area contributed by atoms with Crippen LogP contribution in [0.1, 0.15) is 62.7 Å². The van der Waals surface area contributed by atoms with E-state index in [0.29, 0.717) is 38.2 Å². The maximum Gasteiger partial charge on any atom is 0.251 e. The average Bonchev–Trinajstić information content (AvgIpc) is 3.72. The molecule has 1 aromatic rings. The van der Waals surface area contributed by atoms with Gasteiger partial charge in [0.2, 0.25) is 17.7 Å². The van der Waals surface area contributed by atoms with Gasteiger partial charge in [0.25, 0.3) is 5.91 Å². The molecule has 4 unspecified atom stereocenters. The number of rotatable bonds is 14. The summed E-state index contributed by atoms with van der Waals surface area (Å²) in [5.74, 6) is 5.36. The summed E-state index contributed by atoms with van der Waals surface area (Å²) >= 11 is 0. The predicted molar refractivity (Wildman–Crippen MR) is 172 cm³/mol. The van der Waals surface area contributed by atoms with Crippen LogP contribution in [0.25, 0.3) is 0 Å². The second-order valence-corrected chi connectivity index (χ2v) is 11.8. The van der Waals surface area contributed by atoms with Gasteiger partial charge in [0.15, 0.2) is 0 Å². The number of likely N-dealkylation sites (N-methyl/N-ethyl adjacent to an activating group) is 2. The molecule has 0 spiro atoms. The van der Waals surface area contributed by atoms with Crippen LogP contribution in [-0.4, -0.2) is 111 Å². The zero-order valence-corrected chi connectivity index (χ0v) is 26.9. The lowest BCUT2D eigenvalue weighted by molar-refractivity contribution is -0.137. The highest BCUT2D eigenvalue weighted by Gasteiger charge is 2.36. The first-order valence-corrected chi connectivity index (χ1v) is 15.9. The van der Waals surface area contributed by atoms with E-state index in [1.54, 1.807) is 26.1 Å². The summed E-state index contributed by atoms with van der Waals surface area (Å²) in [6.07, 6.45) is 4.03. The van der Waals surface area contributed by atoms with Crippen LogP contribution in [0.3, 0.4) is 0 Å². The van der Waals surface area contributed by atoms with Crippen molar-refractivity contribution in [1.82, 2.24) is 36.4 Å². The van der Waals surface area contributed by atoms with Gasteiger partial charge in [-0.25, -0.2) is 0 Å². The molecule has 0 bridgehead atoms. The Morgan fingerprint density at radius 1 is 0.841 bits per heavy atom. The summed E-state index contributed by atoms with van der Waals surface area (Å²) in [5.41, 5.74) is 0.594. The van der Waals surface area contributed by atoms with Crippen molar-refractivity contribution in [2.24, 2.45) is 5.92 Å². The third-order valence-corrected chi connectivity index (χ3v) is 8.86. The van der Waals surface area contributed by atoms with Crippen molar-refractivity contribution in [3.05, 3.63) is 35.9 Å². The van der Waals surface area contributed by atoms with Gasteiger partial charge >= 0.3 is 0 Å². The molecular weight excluding hydrogens is 558 g/mol. The lowest BCUT2D eigenvalue weighted by Crippen LogP contribution is -2.54. The minimum atomic E-state index is -0.768. The largest absolute Gasteiger partial charge is 0.350 e. The van der Waals surface area contributed by atoms with Gasteiger partial charge in [-0.05, 0) is 72.8 Å². The Kier molecular flexibility index (Phi) is 14.1. The van der Waals surface area contributed by atoms with Gasteiger partial charge in [-0.1, -0.05) is 18.2 Å². The average molecular weight is 610 g/mol. The molecule has 0 aromatic heterocycles. The second-order valence-electron chi connectivity index (χ2n) is 11.8. The molecule has 3 rings (SSSR count). The van der Waals surface area contributed by atoms with Crippen LogP contribution in [0.15, 0.2) is 30.3 Å². The maximum atomic E-state index is 13.8. The van der Waals surface area contributed by atoms with E-state index in [0.717, 1.165) is 25.7 Å². The van der Waals surface area contributed by atoms with Crippen molar-refractivity contribution >= 4 is 23.6 Å². The summed E-state index contributed by atoms with van der Waals surface area (Å²) in [4.78, 5) is 56.4. The summed E-state index contributed by atoms with van der Waals surface area (Å²) < 4.78 is 0. The van der Waals surface area contributed by atoms with Crippen LogP contribution in [0.5, 0.6) is 0 Å². The molecule has 1 aromatic carbocycles. The summed E-state index contributed by atoms with van der Waals surface area (Å²) in [7, 11) is 5.40. The minimum absolute atomic E-state index is 0.00774. The number of carbonyl (C=O) groups excluding carboxylic acids is 4. The topological polar surface area (TPSA) is 135 Å². The molecule has 242 valence electrons. The highest BCUT2D eigenvalue weighted by atomic mass is 16.2. The number of benzene rings is 1. The fraction of sp³-hybridized carbons (Fsp3) is 0.636. The lowest BCUT2D eigenvalue weighted by atomic mass is 9.95. The van der Waals surface area contributed by atoms with E-state index in [9.17, 15) is 19.2 Å². The molecule has 11 nitrogen and oxygen atoms in total. The van der Waals surface area contributed by atoms with Crippen LogP contribution < -0.4 is 26.6 Å². The smallest absolute Gasteiger partial charge is 0.251 e. The van der Waals surface area contributed by atoms with Crippen molar-refractivity contribution < 1.29 is 19.2 Å². The van der Waals surface area contributed by atoms with Gasteiger partial charge in [0, 0.05) is 62.7 Å². The number of likely N-dealkylation sites (tertiary alicyclic amines) is 2. The molecule has 2 fully saturated rings. The molecule has 0 aliphatic carbocycles. The first-order chi connectivity index (χ1) is 21.2. The number of carbonyl (C=O) groups is 4. The molecule has 44 heavy (non-hydrogen) atoms. The van der Waals surface area contributed by atoms with Crippen LogP contribution in [0, 0.1) is 17.8 Å². The van der Waals surface area contributed by atoms with Crippen molar-refractivity contribution in [2.45, 2.75) is 82.6 Å². The van der Waals surface area contributed by atoms with Gasteiger partial charge in [0.1, 0.15) is 6.04 Å². The van der Waals surface area contributed by atoms with Crippen molar-refractivity contribution in [1.29, 1.82) is 0 Å². The van der Waals surface area contributed by atoms with Gasteiger partial charge in [-0.2, -0.15) is 0 Å². The Morgan fingerprint density at radius 3 is 2.07 bits per heavy atom. The van der Waals surface area contributed by atoms with Gasteiger partial charge < -0.3 is 36.4 Å². The Morgan fingerprint density at radius 2 is 1.45 bits per heavy atom. The zero-order chi connectivity index (χ0) is 32.1. The zero-order valence-electron chi connectivity index (χ0n) is 26.9. The molecular formula is C33H51N7O4. The Hall–Kier alpha value is -3.46. The minimum Gasteiger partial charge on any atom is -0.350 e. The van der Waals surface area contributed by atoms with E-state index in [4.69, 9.17) is 0 Å².